The number of para-hydroxylation sites is 1. The van der Waals surface area contributed by atoms with E-state index in [9.17, 15) is 9.59 Å². The van der Waals surface area contributed by atoms with Crippen LogP contribution in [0.4, 0.5) is 5.69 Å². The van der Waals surface area contributed by atoms with Crippen LogP contribution in [0, 0.1) is 0 Å². The monoisotopic (exact) mass is 237 g/mol. The summed E-state index contributed by atoms with van der Waals surface area (Å²) in [7, 11) is 0. The Labute approximate surface area is 104 Å². The zero-order valence-electron chi connectivity index (χ0n) is 9.41. The van der Waals surface area contributed by atoms with E-state index >= 15 is 0 Å². The molecule has 4 nitrogen and oxygen atoms in total. The molecule has 2 aromatic carbocycles. The quantitative estimate of drug-likeness (QED) is 0.761. The highest BCUT2D eigenvalue weighted by Crippen LogP contribution is 2.22. The lowest BCUT2D eigenvalue weighted by Crippen LogP contribution is -2.46. The van der Waals surface area contributed by atoms with Gasteiger partial charge in [0.25, 0.3) is 11.8 Å². The van der Waals surface area contributed by atoms with Gasteiger partial charge in [-0.15, -0.1) is 5.43 Å². The molecule has 1 radical (unpaired) electrons. The van der Waals surface area contributed by atoms with Gasteiger partial charge in [-0.25, -0.2) is 0 Å². The van der Waals surface area contributed by atoms with Gasteiger partial charge in [0.1, 0.15) is 0 Å². The molecule has 0 saturated heterocycles. The maximum absolute atomic E-state index is 12.2. The molecule has 0 spiro atoms. The van der Waals surface area contributed by atoms with E-state index in [1.807, 2.05) is 6.07 Å². The lowest BCUT2D eigenvalue weighted by atomic mass is 10.0. The van der Waals surface area contributed by atoms with Gasteiger partial charge in [-0.1, -0.05) is 30.3 Å². The van der Waals surface area contributed by atoms with E-state index in [-0.39, 0.29) is 5.91 Å². The summed E-state index contributed by atoms with van der Waals surface area (Å²) in [6, 6.07) is 15.6. The van der Waals surface area contributed by atoms with E-state index in [1.165, 1.54) is 0 Å². The summed E-state index contributed by atoms with van der Waals surface area (Å²) in [6.45, 7) is 0. The molecule has 0 aliphatic carbocycles. The third kappa shape index (κ3) is 1.55. The lowest BCUT2D eigenvalue weighted by Gasteiger charge is -2.25. The van der Waals surface area contributed by atoms with Crippen LogP contribution in [0.25, 0.3) is 0 Å². The van der Waals surface area contributed by atoms with Crippen molar-refractivity contribution in [2.45, 2.75) is 0 Å². The van der Waals surface area contributed by atoms with Gasteiger partial charge < -0.3 is 0 Å². The van der Waals surface area contributed by atoms with Crippen LogP contribution >= 0.6 is 0 Å². The first-order valence-corrected chi connectivity index (χ1v) is 5.52. The van der Waals surface area contributed by atoms with Crippen molar-refractivity contribution in [2.24, 2.45) is 0 Å². The highest BCUT2D eigenvalue weighted by Gasteiger charge is 2.31. The predicted octanol–water partition coefficient (Wildman–Crippen LogP) is 2.01. The number of hydrogen-bond acceptors (Lipinski definition) is 2. The Morgan fingerprint density at radius 3 is 2.11 bits per heavy atom. The normalized spacial score (nSPS) is 14.1. The number of hydrogen-bond donors (Lipinski definition) is 0. The van der Waals surface area contributed by atoms with Gasteiger partial charge in [-0.05, 0) is 24.3 Å². The van der Waals surface area contributed by atoms with E-state index in [1.54, 1.807) is 48.5 Å². The molecule has 18 heavy (non-hydrogen) atoms. The van der Waals surface area contributed by atoms with Crippen LogP contribution in [0.2, 0.25) is 0 Å². The molecule has 0 atom stereocenters. The first kappa shape index (κ1) is 10.5. The van der Waals surface area contributed by atoms with Crippen LogP contribution in [-0.4, -0.2) is 11.8 Å². The fourth-order valence-corrected chi connectivity index (χ4v) is 1.90. The number of nitrogens with zero attached hydrogens (tertiary/aromatic N) is 2. The average Bonchev–Trinajstić information content (AvgIpc) is 2.44. The summed E-state index contributed by atoms with van der Waals surface area (Å²) in [5, 5.41) is 1.14. The van der Waals surface area contributed by atoms with E-state index in [0.717, 1.165) is 5.01 Å². The molecular weight excluding hydrogens is 228 g/mol. The van der Waals surface area contributed by atoms with Crippen LogP contribution < -0.4 is 10.4 Å². The van der Waals surface area contributed by atoms with Crippen molar-refractivity contribution < 1.29 is 9.59 Å². The molecule has 2 amide bonds. The van der Waals surface area contributed by atoms with Gasteiger partial charge in [0.05, 0.1) is 16.8 Å². The highest BCUT2D eigenvalue weighted by atomic mass is 16.2. The van der Waals surface area contributed by atoms with Crippen LogP contribution in [0.3, 0.4) is 0 Å². The maximum atomic E-state index is 12.2. The Morgan fingerprint density at radius 1 is 0.778 bits per heavy atom. The van der Waals surface area contributed by atoms with Crippen molar-refractivity contribution in [3.63, 3.8) is 0 Å². The molecule has 0 unspecified atom stereocenters. The zero-order valence-corrected chi connectivity index (χ0v) is 9.41. The predicted molar refractivity (Wildman–Crippen MR) is 66.2 cm³/mol. The smallest absolute Gasteiger partial charge is 0.267 e. The summed E-state index contributed by atoms with van der Waals surface area (Å²) < 4.78 is 0. The van der Waals surface area contributed by atoms with Gasteiger partial charge in [0, 0.05) is 0 Å². The fraction of sp³-hybridized carbons (Fsp3) is 0. The minimum absolute atomic E-state index is 0.281. The van der Waals surface area contributed by atoms with Crippen molar-refractivity contribution in [1.29, 1.82) is 0 Å². The van der Waals surface area contributed by atoms with Gasteiger partial charge in [0.2, 0.25) is 0 Å². The molecule has 0 saturated carbocycles. The molecule has 2 aromatic rings. The Balaban J connectivity index is 2.08. The van der Waals surface area contributed by atoms with Gasteiger partial charge in [0.15, 0.2) is 0 Å². The van der Waals surface area contributed by atoms with Crippen LogP contribution in [0.5, 0.6) is 0 Å². The SMILES string of the molecule is O=C1[N]N(c2ccccc2)C(=O)c2ccccc21. The Hall–Kier alpha value is -2.62. The van der Waals surface area contributed by atoms with E-state index in [2.05, 4.69) is 5.43 Å². The second-order valence-electron chi connectivity index (χ2n) is 3.90. The summed E-state index contributed by atoms with van der Waals surface area (Å²) in [6.07, 6.45) is 0. The van der Waals surface area contributed by atoms with Crippen LogP contribution in [0.1, 0.15) is 20.7 Å². The number of fused-ring (bicyclic) bond motifs is 1. The highest BCUT2D eigenvalue weighted by molar-refractivity contribution is 6.18. The summed E-state index contributed by atoms with van der Waals surface area (Å²) in [5.41, 5.74) is 5.15. The van der Waals surface area contributed by atoms with Crippen LogP contribution in [0.15, 0.2) is 54.6 Å². The maximum Gasteiger partial charge on any atom is 0.294 e. The molecule has 1 aliphatic rings. The third-order valence-corrected chi connectivity index (χ3v) is 2.77. The van der Waals surface area contributed by atoms with E-state index < -0.39 is 5.91 Å². The number of rotatable bonds is 1. The first-order chi connectivity index (χ1) is 8.77. The van der Waals surface area contributed by atoms with Gasteiger partial charge in [-0.2, -0.15) is 5.01 Å². The van der Waals surface area contributed by atoms with Crippen molar-refractivity contribution in [3.8, 4) is 0 Å². The molecule has 0 aromatic heterocycles. The zero-order chi connectivity index (χ0) is 12.5. The van der Waals surface area contributed by atoms with Gasteiger partial charge >= 0.3 is 0 Å². The summed E-state index contributed by atoms with van der Waals surface area (Å²) in [5.74, 6) is -0.676. The molecule has 0 N–H and O–H groups in total. The summed E-state index contributed by atoms with van der Waals surface area (Å²) >= 11 is 0. The molecular formula is C14H9N2O2. The molecule has 0 bridgehead atoms. The second-order valence-corrected chi connectivity index (χ2v) is 3.90. The molecule has 4 heteroatoms. The second kappa shape index (κ2) is 4.00. The molecule has 3 rings (SSSR count). The Morgan fingerprint density at radius 2 is 1.39 bits per heavy atom. The third-order valence-electron chi connectivity index (χ3n) is 2.77. The standard InChI is InChI=1S/C14H9N2O2/c17-13-11-8-4-5-9-12(11)14(18)16(15-13)10-6-2-1-3-7-10/h1-9H. The number of benzene rings is 2. The number of anilines is 1. The van der Waals surface area contributed by atoms with Crippen molar-refractivity contribution in [3.05, 3.63) is 65.7 Å². The summed E-state index contributed by atoms with van der Waals surface area (Å²) in [4.78, 5) is 24.1. The van der Waals surface area contributed by atoms with Crippen molar-refractivity contribution >= 4 is 17.5 Å². The topological polar surface area (TPSA) is 51.5 Å². The number of carbonyl (C=O) groups is 2. The Kier molecular flexibility index (Phi) is 2.34. The molecule has 87 valence electrons. The number of carbonyl (C=O) groups excluding carboxylic acids is 2. The molecule has 0 fully saturated rings. The molecule has 1 aliphatic heterocycles. The first-order valence-electron chi connectivity index (χ1n) is 5.52. The minimum Gasteiger partial charge on any atom is -0.267 e. The fourth-order valence-electron chi connectivity index (χ4n) is 1.90. The largest absolute Gasteiger partial charge is 0.294 e. The van der Waals surface area contributed by atoms with Crippen LogP contribution in [-0.2, 0) is 0 Å². The average molecular weight is 237 g/mol. The minimum atomic E-state index is -0.394. The van der Waals surface area contributed by atoms with Crippen molar-refractivity contribution in [1.82, 2.24) is 5.43 Å². The van der Waals surface area contributed by atoms with E-state index in [4.69, 9.17) is 0 Å². The van der Waals surface area contributed by atoms with Gasteiger partial charge in [-0.3, -0.25) is 9.59 Å². The lowest BCUT2D eigenvalue weighted by molar-refractivity contribution is 0.0855. The number of amides is 2. The Bertz CT molecular complexity index is 623. The molecule has 1 heterocycles. The van der Waals surface area contributed by atoms with E-state index in [0.29, 0.717) is 16.8 Å². The van der Waals surface area contributed by atoms with Crippen molar-refractivity contribution in [2.75, 3.05) is 5.01 Å².